The summed E-state index contributed by atoms with van der Waals surface area (Å²) in [5.74, 6) is 0. The Hall–Kier alpha value is -1.89. The Morgan fingerprint density at radius 2 is 1.87 bits per heavy atom. The molecule has 3 rings (SSSR count). The zero-order valence-electron chi connectivity index (χ0n) is 8.43. The van der Waals surface area contributed by atoms with E-state index in [2.05, 4.69) is 59.8 Å². The normalized spacial score (nSPS) is 16.9. The molecule has 0 N–H and O–H groups in total. The Bertz CT molecular complexity index is 483. The molecule has 0 bridgehead atoms. The molecule has 0 amide bonds. The number of pyridine rings is 1. The number of fused-ring (bicyclic) bond motifs is 3. The number of hydrogen-bond acceptors (Lipinski definition) is 0. The lowest BCUT2D eigenvalue weighted by molar-refractivity contribution is -0.687. The smallest absolute Gasteiger partial charge is 0.187 e. The lowest BCUT2D eigenvalue weighted by Gasteiger charge is -2.00. The van der Waals surface area contributed by atoms with E-state index >= 15 is 0 Å². The molecule has 1 heteroatoms. The van der Waals surface area contributed by atoms with Crippen LogP contribution in [0.1, 0.15) is 11.6 Å². The average molecular weight is 194 g/mol. The van der Waals surface area contributed by atoms with Gasteiger partial charge in [-0.15, -0.1) is 0 Å². The highest BCUT2D eigenvalue weighted by Crippen LogP contribution is 2.32. The van der Waals surface area contributed by atoms with Crippen molar-refractivity contribution in [3.05, 3.63) is 66.9 Å². The maximum atomic E-state index is 3.92. The molecule has 1 aromatic carbocycles. The van der Waals surface area contributed by atoms with Crippen molar-refractivity contribution in [3.8, 4) is 11.3 Å². The third-order valence-corrected chi connectivity index (χ3v) is 2.97. The van der Waals surface area contributed by atoms with E-state index < -0.39 is 0 Å². The first-order valence-electron chi connectivity index (χ1n) is 5.14. The van der Waals surface area contributed by atoms with E-state index in [1.807, 2.05) is 6.08 Å². The van der Waals surface area contributed by atoms with Gasteiger partial charge in [0.1, 0.15) is 0 Å². The van der Waals surface area contributed by atoms with E-state index in [4.69, 9.17) is 0 Å². The van der Waals surface area contributed by atoms with Gasteiger partial charge in [-0.25, -0.2) is 0 Å². The quantitative estimate of drug-likeness (QED) is 0.485. The van der Waals surface area contributed by atoms with Crippen LogP contribution in [0.25, 0.3) is 11.3 Å². The highest BCUT2D eigenvalue weighted by atomic mass is 15.0. The molecule has 1 unspecified atom stereocenters. The minimum absolute atomic E-state index is 0.289. The monoisotopic (exact) mass is 194 g/mol. The van der Waals surface area contributed by atoms with E-state index in [0.717, 1.165) is 0 Å². The standard InChI is InChI=1S/C14H12N/c1-2-13-11-7-3-4-8-12(11)14-9-5-6-10-15(13)14/h2-10,13H,1H2/q+1. The lowest BCUT2D eigenvalue weighted by Crippen LogP contribution is -2.35. The van der Waals surface area contributed by atoms with Gasteiger partial charge in [0.2, 0.25) is 11.7 Å². The zero-order valence-corrected chi connectivity index (χ0v) is 8.43. The summed E-state index contributed by atoms with van der Waals surface area (Å²) in [6, 6.07) is 15.1. The first-order chi connectivity index (χ1) is 7.42. The van der Waals surface area contributed by atoms with E-state index in [1.165, 1.54) is 16.8 Å². The van der Waals surface area contributed by atoms with E-state index in [0.29, 0.717) is 0 Å². The molecule has 0 saturated carbocycles. The van der Waals surface area contributed by atoms with E-state index in [9.17, 15) is 0 Å². The predicted octanol–water partition coefficient (Wildman–Crippen LogP) is 2.73. The number of hydrogen-bond donors (Lipinski definition) is 0. The molecule has 2 aromatic rings. The number of nitrogens with zero attached hydrogens (tertiary/aromatic N) is 1. The Morgan fingerprint density at radius 3 is 2.73 bits per heavy atom. The summed E-state index contributed by atoms with van der Waals surface area (Å²) in [6.07, 6.45) is 4.11. The van der Waals surface area contributed by atoms with Crippen molar-refractivity contribution in [2.24, 2.45) is 0 Å². The van der Waals surface area contributed by atoms with Gasteiger partial charge in [0.15, 0.2) is 6.20 Å². The third kappa shape index (κ3) is 1.06. The molecule has 15 heavy (non-hydrogen) atoms. The molecule has 0 aliphatic carbocycles. The van der Waals surface area contributed by atoms with Crippen molar-refractivity contribution in [1.29, 1.82) is 0 Å². The summed E-state index contributed by atoms with van der Waals surface area (Å²) >= 11 is 0. The summed E-state index contributed by atoms with van der Waals surface area (Å²) in [5, 5.41) is 0. The van der Waals surface area contributed by atoms with Gasteiger partial charge in [0, 0.05) is 17.7 Å². The Labute approximate surface area is 89.3 Å². The van der Waals surface area contributed by atoms with Gasteiger partial charge in [-0.1, -0.05) is 24.8 Å². The second kappa shape index (κ2) is 3.06. The van der Waals surface area contributed by atoms with Crippen molar-refractivity contribution >= 4 is 0 Å². The first-order valence-corrected chi connectivity index (χ1v) is 5.14. The second-order valence-electron chi connectivity index (χ2n) is 3.76. The average Bonchev–Trinajstić information content (AvgIpc) is 2.63. The number of benzene rings is 1. The van der Waals surface area contributed by atoms with Crippen LogP contribution in [0.2, 0.25) is 0 Å². The summed E-state index contributed by atoms with van der Waals surface area (Å²) < 4.78 is 2.26. The van der Waals surface area contributed by atoms with E-state index in [1.54, 1.807) is 0 Å². The molecule has 1 aliphatic heterocycles. The highest BCUT2D eigenvalue weighted by molar-refractivity contribution is 5.64. The van der Waals surface area contributed by atoms with Gasteiger partial charge in [-0.3, -0.25) is 0 Å². The molecule has 0 saturated heterocycles. The fraction of sp³-hybridized carbons (Fsp3) is 0.0714. The van der Waals surface area contributed by atoms with Gasteiger partial charge in [0.25, 0.3) is 0 Å². The van der Waals surface area contributed by atoms with Gasteiger partial charge in [-0.05, 0) is 18.2 Å². The number of rotatable bonds is 1. The SMILES string of the molecule is C=CC1c2ccccc2-c2cccc[n+]21. The van der Waals surface area contributed by atoms with Crippen LogP contribution in [0.4, 0.5) is 0 Å². The molecule has 2 heterocycles. The van der Waals surface area contributed by atoms with Gasteiger partial charge < -0.3 is 0 Å². The highest BCUT2D eigenvalue weighted by Gasteiger charge is 2.32. The second-order valence-corrected chi connectivity index (χ2v) is 3.76. The number of allylic oxidation sites excluding steroid dienone is 1. The Balaban J connectivity index is 2.35. The summed E-state index contributed by atoms with van der Waals surface area (Å²) in [7, 11) is 0. The maximum absolute atomic E-state index is 3.92. The van der Waals surface area contributed by atoms with Crippen molar-refractivity contribution < 1.29 is 4.57 Å². The van der Waals surface area contributed by atoms with Crippen LogP contribution >= 0.6 is 0 Å². The van der Waals surface area contributed by atoms with Gasteiger partial charge in [0.05, 0.1) is 5.56 Å². The van der Waals surface area contributed by atoms with Crippen LogP contribution in [0.3, 0.4) is 0 Å². The fourth-order valence-corrected chi connectivity index (χ4v) is 2.31. The van der Waals surface area contributed by atoms with Crippen molar-refractivity contribution in [2.75, 3.05) is 0 Å². The summed E-state index contributed by atoms with van der Waals surface area (Å²) in [4.78, 5) is 0. The molecule has 1 aromatic heterocycles. The van der Waals surface area contributed by atoms with Crippen molar-refractivity contribution in [2.45, 2.75) is 6.04 Å². The molecule has 1 nitrogen and oxygen atoms in total. The fourth-order valence-electron chi connectivity index (χ4n) is 2.31. The van der Waals surface area contributed by atoms with E-state index in [-0.39, 0.29) is 6.04 Å². The topological polar surface area (TPSA) is 3.88 Å². The zero-order chi connectivity index (χ0) is 10.3. The lowest BCUT2D eigenvalue weighted by atomic mass is 10.0. The molecule has 1 atom stereocenters. The Morgan fingerprint density at radius 1 is 1.07 bits per heavy atom. The summed E-state index contributed by atoms with van der Waals surface area (Å²) in [6.45, 7) is 3.92. The number of aromatic nitrogens is 1. The molecule has 0 spiro atoms. The Kier molecular flexibility index (Phi) is 1.72. The van der Waals surface area contributed by atoms with Gasteiger partial charge in [-0.2, -0.15) is 4.57 Å². The molecule has 72 valence electrons. The van der Waals surface area contributed by atoms with Crippen LogP contribution in [-0.2, 0) is 0 Å². The molecule has 0 fully saturated rings. The first kappa shape index (κ1) is 8.42. The van der Waals surface area contributed by atoms with Crippen molar-refractivity contribution in [3.63, 3.8) is 0 Å². The minimum Gasteiger partial charge on any atom is -0.187 e. The molecular formula is C14H12N+. The van der Waals surface area contributed by atoms with Crippen LogP contribution in [0.15, 0.2) is 61.3 Å². The van der Waals surface area contributed by atoms with Crippen LogP contribution in [0, 0.1) is 0 Å². The van der Waals surface area contributed by atoms with Crippen LogP contribution in [-0.4, -0.2) is 0 Å². The minimum atomic E-state index is 0.289. The maximum Gasteiger partial charge on any atom is 0.213 e. The molecular weight excluding hydrogens is 182 g/mol. The third-order valence-electron chi connectivity index (χ3n) is 2.97. The van der Waals surface area contributed by atoms with Crippen LogP contribution < -0.4 is 4.57 Å². The predicted molar refractivity (Wildman–Crippen MR) is 60.4 cm³/mol. The van der Waals surface area contributed by atoms with Crippen LogP contribution in [0.5, 0.6) is 0 Å². The molecule has 1 aliphatic rings. The van der Waals surface area contributed by atoms with Crippen molar-refractivity contribution in [1.82, 2.24) is 0 Å². The summed E-state index contributed by atoms with van der Waals surface area (Å²) in [5.41, 5.74) is 3.94. The largest absolute Gasteiger partial charge is 0.213 e. The molecule has 0 radical (unpaired) electrons. The van der Waals surface area contributed by atoms with Gasteiger partial charge >= 0.3 is 0 Å².